The number of allylic oxidation sites excluding steroid dienone is 2. The minimum absolute atomic E-state index is 0.0165. The molecule has 0 spiro atoms. The molecule has 4 rings (SSSR count). The predicted molar refractivity (Wildman–Crippen MR) is 131 cm³/mol. The molecule has 0 aliphatic heterocycles. The molecule has 168 valence electrons. The molecule has 5 heteroatoms. The SMILES string of the molecule is CCc1ccc(Oc2nc3ccccc3s2)cc1/C1=C(\O)C(C)[C@@H](C)CC[C@@H](C)CC1=O. The van der Waals surface area contributed by atoms with Gasteiger partial charge in [-0.25, -0.2) is 4.98 Å². The van der Waals surface area contributed by atoms with Gasteiger partial charge in [-0.15, -0.1) is 0 Å². The van der Waals surface area contributed by atoms with Crippen LogP contribution in [0.3, 0.4) is 0 Å². The molecule has 1 N–H and O–H groups in total. The number of nitrogens with zero attached hydrogens (tertiary/aromatic N) is 1. The van der Waals surface area contributed by atoms with E-state index < -0.39 is 0 Å². The molecule has 0 bridgehead atoms. The minimum atomic E-state index is -0.0715. The minimum Gasteiger partial charge on any atom is -0.511 e. The lowest BCUT2D eigenvalue weighted by molar-refractivity contribution is -0.114. The van der Waals surface area contributed by atoms with Gasteiger partial charge >= 0.3 is 0 Å². The molecule has 2 aromatic carbocycles. The van der Waals surface area contributed by atoms with Gasteiger partial charge in [0.15, 0.2) is 5.78 Å². The van der Waals surface area contributed by atoms with Gasteiger partial charge in [-0.05, 0) is 66.5 Å². The molecule has 0 saturated carbocycles. The van der Waals surface area contributed by atoms with Gasteiger partial charge in [-0.1, -0.05) is 57.2 Å². The third-order valence-corrected chi connectivity index (χ3v) is 7.59. The molecule has 1 aromatic heterocycles. The van der Waals surface area contributed by atoms with E-state index in [0.29, 0.717) is 34.8 Å². The summed E-state index contributed by atoms with van der Waals surface area (Å²) in [4.78, 5) is 17.9. The first kappa shape index (κ1) is 22.5. The molecule has 32 heavy (non-hydrogen) atoms. The first-order chi connectivity index (χ1) is 15.4. The molecule has 3 aromatic rings. The monoisotopic (exact) mass is 449 g/mol. The maximum Gasteiger partial charge on any atom is 0.279 e. The number of ketones is 1. The molecule has 0 amide bonds. The van der Waals surface area contributed by atoms with Crippen molar-refractivity contribution in [3.63, 3.8) is 0 Å². The Balaban J connectivity index is 1.77. The lowest BCUT2D eigenvalue weighted by atomic mass is 9.85. The summed E-state index contributed by atoms with van der Waals surface area (Å²) in [6.07, 6.45) is 3.22. The number of fused-ring (bicyclic) bond motifs is 1. The number of carbonyl (C=O) groups is 1. The molecule has 0 fully saturated rings. The van der Waals surface area contributed by atoms with Gasteiger partial charge in [-0.3, -0.25) is 4.79 Å². The second kappa shape index (κ2) is 9.45. The van der Waals surface area contributed by atoms with Crippen LogP contribution in [0.5, 0.6) is 10.9 Å². The Labute approximate surface area is 194 Å². The molecule has 0 saturated heterocycles. The van der Waals surface area contributed by atoms with Crippen molar-refractivity contribution in [2.24, 2.45) is 17.8 Å². The van der Waals surface area contributed by atoms with Crippen LogP contribution in [0.2, 0.25) is 0 Å². The predicted octanol–water partition coefficient (Wildman–Crippen LogP) is 7.58. The zero-order valence-corrected chi connectivity index (χ0v) is 20.0. The normalized spacial score (nSPS) is 24.8. The summed E-state index contributed by atoms with van der Waals surface area (Å²) < 4.78 is 7.17. The van der Waals surface area contributed by atoms with E-state index in [1.807, 2.05) is 49.4 Å². The van der Waals surface area contributed by atoms with Crippen molar-refractivity contribution >= 4 is 32.9 Å². The van der Waals surface area contributed by atoms with Crippen molar-refractivity contribution in [3.05, 3.63) is 59.4 Å². The fourth-order valence-corrected chi connectivity index (χ4v) is 5.24. The Morgan fingerprint density at radius 1 is 1.12 bits per heavy atom. The van der Waals surface area contributed by atoms with E-state index >= 15 is 0 Å². The first-order valence-electron chi connectivity index (χ1n) is 11.5. The number of para-hydroxylation sites is 1. The van der Waals surface area contributed by atoms with Crippen molar-refractivity contribution in [3.8, 4) is 10.9 Å². The van der Waals surface area contributed by atoms with Crippen LogP contribution in [-0.2, 0) is 11.2 Å². The number of aryl methyl sites for hydroxylation is 1. The van der Waals surface area contributed by atoms with Gasteiger partial charge in [0, 0.05) is 12.3 Å². The highest BCUT2D eigenvalue weighted by Crippen LogP contribution is 2.38. The Morgan fingerprint density at radius 2 is 1.91 bits per heavy atom. The molecular formula is C27H31NO3S. The van der Waals surface area contributed by atoms with Crippen LogP contribution in [0.15, 0.2) is 48.2 Å². The van der Waals surface area contributed by atoms with Crippen LogP contribution in [0, 0.1) is 17.8 Å². The Bertz CT molecular complexity index is 1130. The number of thiazole rings is 1. The summed E-state index contributed by atoms with van der Waals surface area (Å²) in [5.41, 5.74) is 3.18. The number of hydrogen-bond acceptors (Lipinski definition) is 5. The fourth-order valence-electron chi connectivity index (χ4n) is 4.40. The smallest absolute Gasteiger partial charge is 0.279 e. The lowest BCUT2D eigenvalue weighted by Gasteiger charge is -2.21. The van der Waals surface area contributed by atoms with Gasteiger partial charge < -0.3 is 9.84 Å². The number of aromatic nitrogens is 1. The van der Waals surface area contributed by atoms with Gasteiger partial charge in [0.1, 0.15) is 11.5 Å². The Morgan fingerprint density at radius 3 is 2.66 bits per heavy atom. The highest BCUT2D eigenvalue weighted by atomic mass is 32.1. The van der Waals surface area contributed by atoms with Gasteiger partial charge in [0.05, 0.1) is 15.8 Å². The molecule has 1 aliphatic carbocycles. The highest BCUT2D eigenvalue weighted by Gasteiger charge is 2.29. The van der Waals surface area contributed by atoms with Crippen molar-refractivity contribution in [1.82, 2.24) is 4.98 Å². The van der Waals surface area contributed by atoms with Crippen LogP contribution >= 0.6 is 11.3 Å². The Kier molecular flexibility index (Phi) is 6.66. The number of benzene rings is 2. The van der Waals surface area contributed by atoms with Crippen molar-refractivity contribution in [1.29, 1.82) is 0 Å². The van der Waals surface area contributed by atoms with E-state index in [1.54, 1.807) is 0 Å². The maximum atomic E-state index is 13.4. The maximum absolute atomic E-state index is 13.4. The van der Waals surface area contributed by atoms with E-state index in [2.05, 4.69) is 25.8 Å². The zero-order valence-electron chi connectivity index (χ0n) is 19.2. The van der Waals surface area contributed by atoms with E-state index in [-0.39, 0.29) is 17.5 Å². The van der Waals surface area contributed by atoms with Crippen molar-refractivity contribution < 1.29 is 14.6 Å². The third kappa shape index (κ3) is 4.58. The topological polar surface area (TPSA) is 59.4 Å². The largest absolute Gasteiger partial charge is 0.511 e. The van der Waals surface area contributed by atoms with Crippen LogP contribution in [0.4, 0.5) is 0 Å². The number of carbonyl (C=O) groups excluding carboxylic acids is 1. The summed E-state index contributed by atoms with van der Waals surface area (Å²) >= 11 is 1.49. The quantitative estimate of drug-likeness (QED) is 0.446. The zero-order chi connectivity index (χ0) is 22.8. The van der Waals surface area contributed by atoms with E-state index in [4.69, 9.17) is 4.74 Å². The average Bonchev–Trinajstić information content (AvgIpc) is 3.19. The summed E-state index contributed by atoms with van der Waals surface area (Å²) in [6, 6.07) is 13.7. The van der Waals surface area contributed by atoms with E-state index in [0.717, 1.165) is 40.6 Å². The molecule has 3 atom stereocenters. The molecule has 4 nitrogen and oxygen atoms in total. The molecule has 1 heterocycles. The summed E-state index contributed by atoms with van der Waals surface area (Å²) in [5, 5.41) is 11.8. The van der Waals surface area contributed by atoms with Crippen LogP contribution in [0.1, 0.15) is 58.1 Å². The lowest BCUT2D eigenvalue weighted by Crippen LogP contribution is -2.15. The number of Topliss-reactive ketones (excluding diaryl/α,β-unsaturated/α-hetero) is 1. The fraction of sp³-hybridized carbons (Fsp3) is 0.407. The van der Waals surface area contributed by atoms with E-state index in [1.165, 1.54) is 11.3 Å². The van der Waals surface area contributed by atoms with Crippen LogP contribution < -0.4 is 4.74 Å². The van der Waals surface area contributed by atoms with Gasteiger partial charge in [0.2, 0.25) is 0 Å². The standard InChI is InChI=1S/C27H31NO3S/c1-5-19-12-13-20(31-27-28-22-8-6-7-9-24(22)32-27)15-21(19)25-23(29)14-16(2)10-11-17(3)18(4)26(25)30/h6-9,12-13,15-18,30H,5,10-11,14H2,1-4H3/b26-25+/t16-,17+,18?/m1/s1. The highest BCUT2D eigenvalue weighted by molar-refractivity contribution is 7.20. The van der Waals surface area contributed by atoms with Crippen LogP contribution in [-0.4, -0.2) is 15.9 Å². The van der Waals surface area contributed by atoms with Crippen molar-refractivity contribution in [2.75, 3.05) is 0 Å². The molecule has 1 unspecified atom stereocenters. The van der Waals surface area contributed by atoms with Crippen molar-refractivity contribution in [2.45, 2.75) is 53.4 Å². The Hall–Kier alpha value is -2.66. The number of aliphatic hydroxyl groups is 1. The van der Waals surface area contributed by atoms with Crippen LogP contribution in [0.25, 0.3) is 15.8 Å². The van der Waals surface area contributed by atoms with E-state index in [9.17, 15) is 9.90 Å². The number of aliphatic hydroxyl groups excluding tert-OH is 1. The summed E-state index contributed by atoms with van der Waals surface area (Å²) in [5.74, 6) is 1.39. The third-order valence-electron chi connectivity index (χ3n) is 6.68. The average molecular weight is 450 g/mol. The number of rotatable bonds is 4. The molecule has 1 aliphatic rings. The second-order valence-corrected chi connectivity index (χ2v) is 10.1. The second-order valence-electron chi connectivity index (χ2n) is 9.06. The number of ether oxygens (including phenoxy) is 1. The van der Waals surface area contributed by atoms with Gasteiger partial charge in [-0.2, -0.15) is 0 Å². The molecular weight excluding hydrogens is 418 g/mol. The molecule has 0 radical (unpaired) electrons. The number of hydrogen-bond donors (Lipinski definition) is 1. The summed E-state index contributed by atoms with van der Waals surface area (Å²) in [6.45, 7) is 8.38. The summed E-state index contributed by atoms with van der Waals surface area (Å²) in [7, 11) is 0. The first-order valence-corrected chi connectivity index (χ1v) is 12.3. The van der Waals surface area contributed by atoms with Gasteiger partial charge in [0.25, 0.3) is 5.19 Å².